The van der Waals surface area contributed by atoms with Gasteiger partial charge in [-0.1, -0.05) is 13.8 Å². The molecule has 5 heteroatoms. The molecule has 0 saturated heterocycles. The van der Waals surface area contributed by atoms with E-state index in [1.54, 1.807) is 7.11 Å². The molecule has 5 nitrogen and oxygen atoms in total. The van der Waals surface area contributed by atoms with E-state index in [9.17, 15) is 0 Å². The maximum atomic E-state index is 5.43. The molecule has 0 bridgehead atoms. The lowest BCUT2D eigenvalue weighted by molar-refractivity contribution is -0.0852. The molecule has 0 heterocycles. The summed E-state index contributed by atoms with van der Waals surface area (Å²) in [6.45, 7) is 8.44. The average Bonchev–Trinajstić information content (AvgIpc) is 2.21. The van der Waals surface area contributed by atoms with Gasteiger partial charge in [0.2, 0.25) is 5.96 Å². The topological polar surface area (TPSA) is 71.7 Å². The highest BCUT2D eigenvalue weighted by Gasteiger charge is 2.48. The zero-order valence-corrected chi connectivity index (χ0v) is 10.9. The molecular weight excluding hydrogens is 204 g/mol. The van der Waals surface area contributed by atoms with Crippen LogP contribution in [0.2, 0.25) is 0 Å². The minimum atomic E-state index is 0.0789. The molecule has 0 aliphatic heterocycles. The molecule has 0 amide bonds. The second-order valence-corrected chi connectivity index (χ2v) is 5.22. The minimum Gasteiger partial charge on any atom is -0.381 e. The summed E-state index contributed by atoms with van der Waals surface area (Å²) in [7, 11) is 1.75. The Kier molecular flexibility index (Phi) is 4.15. The molecule has 1 aliphatic carbocycles. The number of hydrazine groups is 1. The van der Waals surface area contributed by atoms with E-state index in [1.807, 2.05) is 0 Å². The Bertz CT molecular complexity index is 263. The van der Waals surface area contributed by atoms with E-state index in [2.05, 4.69) is 43.4 Å². The summed E-state index contributed by atoms with van der Waals surface area (Å²) in [5, 5.41) is 3.17. The largest absolute Gasteiger partial charge is 0.381 e. The molecule has 0 aromatic heterocycles. The van der Waals surface area contributed by atoms with Crippen LogP contribution in [0.4, 0.5) is 0 Å². The van der Waals surface area contributed by atoms with Crippen molar-refractivity contribution in [1.82, 2.24) is 10.7 Å². The van der Waals surface area contributed by atoms with Crippen LogP contribution < -0.4 is 16.6 Å². The van der Waals surface area contributed by atoms with Crippen LogP contribution in [-0.4, -0.2) is 31.3 Å². The lowest BCUT2D eigenvalue weighted by Gasteiger charge is -2.49. The van der Waals surface area contributed by atoms with Gasteiger partial charge >= 0.3 is 0 Å². The fourth-order valence-corrected chi connectivity index (χ4v) is 2.03. The number of methoxy groups -OCH3 is 1. The van der Waals surface area contributed by atoms with Gasteiger partial charge < -0.3 is 10.1 Å². The van der Waals surface area contributed by atoms with Crippen molar-refractivity contribution < 1.29 is 4.74 Å². The number of nitrogens with two attached hydrogens (primary N) is 1. The van der Waals surface area contributed by atoms with Crippen molar-refractivity contribution in [3.05, 3.63) is 0 Å². The highest BCUT2D eigenvalue weighted by molar-refractivity contribution is 5.79. The lowest BCUT2D eigenvalue weighted by Crippen LogP contribution is -2.55. The standard InChI is InChI=1S/C11H24N4O/c1-7(2)13-10(15-12)14-8-6-9(16-5)11(8,3)4/h7-9H,6,12H2,1-5H3,(H2,13,14,15). The van der Waals surface area contributed by atoms with Gasteiger partial charge in [0, 0.05) is 18.6 Å². The first kappa shape index (κ1) is 13.3. The molecule has 0 aromatic rings. The Morgan fingerprint density at radius 1 is 1.50 bits per heavy atom. The molecule has 16 heavy (non-hydrogen) atoms. The third kappa shape index (κ3) is 2.65. The number of aliphatic imine (C=N–C) groups is 1. The maximum Gasteiger partial charge on any atom is 0.206 e. The first-order valence-corrected chi connectivity index (χ1v) is 5.75. The number of guanidine groups is 1. The van der Waals surface area contributed by atoms with Gasteiger partial charge in [-0.25, -0.2) is 10.8 Å². The molecule has 94 valence electrons. The molecule has 2 atom stereocenters. The minimum absolute atomic E-state index is 0.0789. The predicted octanol–water partition coefficient (Wildman–Crippen LogP) is 0.617. The summed E-state index contributed by atoms with van der Waals surface area (Å²) in [5.41, 5.74) is 2.68. The molecule has 4 N–H and O–H groups in total. The SMILES string of the molecule is COC1CC(N=C(NN)NC(C)C)C1(C)C. The Balaban J connectivity index is 2.62. The molecule has 0 aromatic carbocycles. The van der Waals surface area contributed by atoms with Gasteiger partial charge in [-0.05, 0) is 20.3 Å². The number of nitrogens with one attached hydrogen (secondary N) is 2. The molecule has 2 unspecified atom stereocenters. The summed E-state index contributed by atoms with van der Waals surface area (Å²) in [6, 6.07) is 0.575. The quantitative estimate of drug-likeness (QED) is 0.286. The van der Waals surface area contributed by atoms with Gasteiger partial charge in [0.25, 0.3) is 0 Å². The Morgan fingerprint density at radius 3 is 2.50 bits per heavy atom. The number of nitrogens with zero attached hydrogens (tertiary/aromatic N) is 1. The fraction of sp³-hybridized carbons (Fsp3) is 0.909. The van der Waals surface area contributed by atoms with E-state index >= 15 is 0 Å². The van der Waals surface area contributed by atoms with Crippen LogP contribution in [0.1, 0.15) is 34.1 Å². The van der Waals surface area contributed by atoms with Crippen LogP contribution >= 0.6 is 0 Å². The molecule has 1 rings (SSSR count). The van der Waals surface area contributed by atoms with E-state index < -0.39 is 0 Å². The Hall–Kier alpha value is -0.810. The average molecular weight is 228 g/mol. The third-order valence-electron chi connectivity index (χ3n) is 3.26. The van der Waals surface area contributed by atoms with Gasteiger partial charge in [-0.15, -0.1) is 0 Å². The molecule has 0 radical (unpaired) electrons. The van der Waals surface area contributed by atoms with Gasteiger partial charge in [-0.3, -0.25) is 5.43 Å². The second kappa shape index (κ2) is 5.01. The summed E-state index contributed by atoms with van der Waals surface area (Å²) in [6.07, 6.45) is 1.24. The van der Waals surface area contributed by atoms with Crippen molar-refractivity contribution >= 4 is 5.96 Å². The van der Waals surface area contributed by atoms with Gasteiger partial charge in [-0.2, -0.15) is 0 Å². The van der Waals surface area contributed by atoms with Crippen LogP contribution in [0.3, 0.4) is 0 Å². The van der Waals surface area contributed by atoms with Crippen molar-refractivity contribution in [2.75, 3.05) is 7.11 Å². The van der Waals surface area contributed by atoms with E-state index in [1.165, 1.54) is 0 Å². The van der Waals surface area contributed by atoms with Crippen molar-refractivity contribution in [2.45, 2.75) is 52.3 Å². The van der Waals surface area contributed by atoms with Gasteiger partial charge in [0.1, 0.15) is 0 Å². The molecule has 0 spiro atoms. The van der Waals surface area contributed by atoms with E-state index in [0.29, 0.717) is 18.1 Å². The fourth-order valence-electron chi connectivity index (χ4n) is 2.03. The third-order valence-corrected chi connectivity index (χ3v) is 3.26. The predicted molar refractivity (Wildman–Crippen MR) is 66.0 cm³/mol. The number of hydrogen-bond acceptors (Lipinski definition) is 3. The molecule has 1 saturated carbocycles. The van der Waals surface area contributed by atoms with E-state index in [4.69, 9.17) is 10.6 Å². The lowest BCUT2D eigenvalue weighted by atomic mass is 9.65. The molecule has 1 fully saturated rings. The highest BCUT2D eigenvalue weighted by atomic mass is 16.5. The van der Waals surface area contributed by atoms with Crippen molar-refractivity contribution in [3.63, 3.8) is 0 Å². The summed E-state index contributed by atoms with van der Waals surface area (Å²) in [5.74, 6) is 6.08. The van der Waals surface area contributed by atoms with Crippen molar-refractivity contribution in [2.24, 2.45) is 16.3 Å². The van der Waals surface area contributed by atoms with Crippen LogP contribution in [0.15, 0.2) is 4.99 Å². The Morgan fingerprint density at radius 2 is 2.12 bits per heavy atom. The summed E-state index contributed by atoms with van der Waals surface area (Å²) in [4.78, 5) is 4.58. The van der Waals surface area contributed by atoms with Crippen LogP contribution in [0.25, 0.3) is 0 Å². The second-order valence-electron chi connectivity index (χ2n) is 5.22. The Labute approximate surface area is 97.8 Å². The number of rotatable bonds is 3. The van der Waals surface area contributed by atoms with Crippen molar-refractivity contribution in [3.8, 4) is 0 Å². The van der Waals surface area contributed by atoms with E-state index in [0.717, 1.165) is 6.42 Å². The first-order chi connectivity index (χ1) is 7.41. The highest BCUT2D eigenvalue weighted by Crippen LogP contribution is 2.44. The van der Waals surface area contributed by atoms with Gasteiger partial charge in [0.15, 0.2) is 0 Å². The smallest absolute Gasteiger partial charge is 0.206 e. The number of hydrogen-bond donors (Lipinski definition) is 3. The van der Waals surface area contributed by atoms with Crippen molar-refractivity contribution in [1.29, 1.82) is 0 Å². The molecule has 1 aliphatic rings. The normalized spacial score (nSPS) is 28.8. The summed E-state index contributed by atoms with van der Waals surface area (Å²) < 4.78 is 5.39. The number of ether oxygens (including phenoxy) is 1. The first-order valence-electron chi connectivity index (χ1n) is 5.75. The maximum absolute atomic E-state index is 5.43. The van der Waals surface area contributed by atoms with Crippen LogP contribution in [-0.2, 0) is 4.74 Å². The molecular formula is C11H24N4O. The van der Waals surface area contributed by atoms with Crippen LogP contribution in [0, 0.1) is 5.41 Å². The van der Waals surface area contributed by atoms with Crippen LogP contribution in [0.5, 0.6) is 0 Å². The zero-order valence-electron chi connectivity index (χ0n) is 10.9. The monoisotopic (exact) mass is 228 g/mol. The van der Waals surface area contributed by atoms with Gasteiger partial charge in [0.05, 0.1) is 12.1 Å². The summed E-state index contributed by atoms with van der Waals surface area (Å²) >= 11 is 0. The van der Waals surface area contributed by atoms with E-state index in [-0.39, 0.29) is 11.5 Å². The zero-order chi connectivity index (χ0) is 12.3.